The Balaban J connectivity index is 2.25. The van der Waals surface area contributed by atoms with Crippen LogP contribution in [0.3, 0.4) is 0 Å². The van der Waals surface area contributed by atoms with E-state index in [1.165, 1.54) is 5.56 Å². The van der Waals surface area contributed by atoms with Crippen molar-refractivity contribution in [1.29, 1.82) is 0 Å². The maximum atomic E-state index is 5.87. The third kappa shape index (κ3) is 6.73. The molecule has 0 aliphatic carbocycles. The first kappa shape index (κ1) is 17.5. The molecule has 3 nitrogen and oxygen atoms in total. The van der Waals surface area contributed by atoms with E-state index in [1.54, 1.807) is 0 Å². The monoisotopic (exact) mass is 343 g/mol. The summed E-state index contributed by atoms with van der Waals surface area (Å²) in [5.74, 6) is 1.45. The van der Waals surface area contributed by atoms with E-state index in [-0.39, 0.29) is 0 Å². The first-order valence-corrected chi connectivity index (χ1v) is 8.15. The fourth-order valence-corrected chi connectivity index (χ4v) is 2.28. The molecule has 0 atom stereocenters. The first-order chi connectivity index (χ1) is 9.65. The molecule has 0 spiro atoms. The molecule has 1 N–H and O–H groups in total. The molecule has 0 saturated heterocycles. The SMILES string of the molecule is CCOCCCNCCOc1ccc(Br)cc1C(C)C. The molecule has 0 aromatic heterocycles. The second-order valence-electron chi connectivity index (χ2n) is 4.99. The summed E-state index contributed by atoms with van der Waals surface area (Å²) in [4.78, 5) is 0. The van der Waals surface area contributed by atoms with Crippen molar-refractivity contribution in [2.24, 2.45) is 0 Å². The molecule has 0 aliphatic heterocycles. The van der Waals surface area contributed by atoms with Crippen LogP contribution in [0, 0.1) is 0 Å². The van der Waals surface area contributed by atoms with Crippen LogP contribution in [0.4, 0.5) is 0 Å². The molecular weight excluding hydrogens is 318 g/mol. The fourth-order valence-electron chi connectivity index (χ4n) is 1.90. The molecule has 0 unspecified atom stereocenters. The lowest BCUT2D eigenvalue weighted by atomic mass is 10.0. The van der Waals surface area contributed by atoms with E-state index in [1.807, 2.05) is 19.1 Å². The van der Waals surface area contributed by atoms with Crippen LogP contribution in [0.5, 0.6) is 5.75 Å². The molecule has 0 aliphatic rings. The van der Waals surface area contributed by atoms with Crippen LogP contribution in [0.1, 0.15) is 38.7 Å². The minimum atomic E-state index is 0.460. The molecule has 0 heterocycles. The number of nitrogens with one attached hydrogen (secondary N) is 1. The normalized spacial score (nSPS) is 11.1. The van der Waals surface area contributed by atoms with E-state index in [9.17, 15) is 0 Å². The smallest absolute Gasteiger partial charge is 0.122 e. The Hall–Kier alpha value is -0.580. The van der Waals surface area contributed by atoms with Crippen LogP contribution >= 0.6 is 15.9 Å². The van der Waals surface area contributed by atoms with Gasteiger partial charge in [0.05, 0.1) is 0 Å². The van der Waals surface area contributed by atoms with E-state index in [2.05, 4.69) is 41.2 Å². The average molecular weight is 344 g/mol. The zero-order valence-corrected chi connectivity index (χ0v) is 14.3. The van der Waals surface area contributed by atoms with Crippen molar-refractivity contribution in [2.45, 2.75) is 33.1 Å². The molecule has 114 valence electrons. The largest absolute Gasteiger partial charge is 0.492 e. The van der Waals surface area contributed by atoms with Crippen LogP contribution in [0.2, 0.25) is 0 Å². The zero-order chi connectivity index (χ0) is 14.8. The van der Waals surface area contributed by atoms with Crippen molar-refractivity contribution in [3.05, 3.63) is 28.2 Å². The fraction of sp³-hybridized carbons (Fsp3) is 0.625. The summed E-state index contributed by atoms with van der Waals surface area (Å²) in [6.07, 6.45) is 1.05. The Labute approximate surface area is 131 Å². The van der Waals surface area contributed by atoms with Crippen LogP contribution in [0.25, 0.3) is 0 Å². The number of hydrogen-bond donors (Lipinski definition) is 1. The van der Waals surface area contributed by atoms with Gasteiger partial charge in [0, 0.05) is 24.2 Å². The Morgan fingerprint density at radius 1 is 1.20 bits per heavy atom. The van der Waals surface area contributed by atoms with Crippen molar-refractivity contribution in [3.8, 4) is 5.75 Å². The van der Waals surface area contributed by atoms with Gasteiger partial charge >= 0.3 is 0 Å². The zero-order valence-electron chi connectivity index (χ0n) is 12.7. The van der Waals surface area contributed by atoms with Gasteiger partial charge in [0.2, 0.25) is 0 Å². The highest BCUT2D eigenvalue weighted by atomic mass is 79.9. The number of hydrogen-bond acceptors (Lipinski definition) is 3. The number of benzene rings is 1. The third-order valence-corrected chi connectivity index (χ3v) is 3.47. The Kier molecular flexibility index (Phi) is 8.90. The predicted molar refractivity (Wildman–Crippen MR) is 87.7 cm³/mol. The lowest BCUT2D eigenvalue weighted by molar-refractivity contribution is 0.144. The Morgan fingerprint density at radius 2 is 2.00 bits per heavy atom. The quantitative estimate of drug-likeness (QED) is 0.652. The summed E-state index contributed by atoms with van der Waals surface area (Å²) < 4.78 is 12.3. The van der Waals surface area contributed by atoms with E-state index in [4.69, 9.17) is 9.47 Å². The maximum absolute atomic E-state index is 5.87. The Bertz CT molecular complexity index is 383. The molecule has 20 heavy (non-hydrogen) atoms. The highest BCUT2D eigenvalue weighted by molar-refractivity contribution is 9.10. The molecule has 0 fully saturated rings. The maximum Gasteiger partial charge on any atom is 0.122 e. The lowest BCUT2D eigenvalue weighted by Gasteiger charge is -2.14. The van der Waals surface area contributed by atoms with Crippen LogP contribution in [-0.4, -0.2) is 32.9 Å². The highest BCUT2D eigenvalue weighted by Gasteiger charge is 2.08. The number of ether oxygens (including phenoxy) is 2. The van der Waals surface area contributed by atoms with Gasteiger partial charge in [-0.1, -0.05) is 29.8 Å². The molecule has 0 radical (unpaired) electrons. The van der Waals surface area contributed by atoms with Crippen molar-refractivity contribution in [2.75, 3.05) is 32.9 Å². The van der Waals surface area contributed by atoms with Gasteiger partial charge in [-0.3, -0.25) is 0 Å². The summed E-state index contributed by atoms with van der Waals surface area (Å²) in [6.45, 7) is 10.5. The van der Waals surface area contributed by atoms with Gasteiger partial charge in [-0.25, -0.2) is 0 Å². The van der Waals surface area contributed by atoms with Crippen LogP contribution in [0.15, 0.2) is 22.7 Å². The van der Waals surface area contributed by atoms with E-state index in [0.29, 0.717) is 12.5 Å². The van der Waals surface area contributed by atoms with E-state index < -0.39 is 0 Å². The Morgan fingerprint density at radius 3 is 2.70 bits per heavy atom. The standard InChI is InChI=1S/C16H26BrNO2/c1-4-19-10-5-8-18-9-11-20-16-7-6-14(17)12-15(16)13(2)3/h6-7,12-13,18H,4-5,8-11H2,1-3H3. The summed E-state index contributed by atoms with van der Waals surface area (Å²) in [6, 6.07) is 6.20. The molecule has 0 bridgehead atoms. The third-order valence-electron chi connectivity index (χ3n) is 2.98. The predicted octanol–water partition coefficient (Wildman–Crippen LogP) is 3.97. The second kappa shape index (κ2) is 10.2. The summed E-state index contributed by atoms with van der Waals surface area (Å²) in [5, 5.41) is 3.36. The first-order valence-electron chi connectivity index (χ1n) is 7.35. The minimum Gasteiger partial charge on any atom is -0.492 e. The molecular formula is C16H26BrNO2. The molecule has 4 heteroatoms. The average Bonchev–Trinajstić information content (AvgIpc) is 2.43. The van der Waals surface area contributed by atoms with Gasteiger partial charge in [-0.15, -0.1) is 0 Å². The number of halogens is 1. The van der Waals surface area contributed by atoms with E-state index >= 15 is 0 Å². The van der Waals surface area contributed by atoms with Crippen molar-refractivity contribution >= 4 is 15.9 Å². The molecule has 1 aromatic rings. The summed E-state index contributed by atoms with van der Waals surface area (Å²) >= 11 is 3.51. The molecule has 0 saturated carbocycles. The number of rotatable bonds is 10. The van der Waals surface area contributed by atoms with Gasteiger partial charge in [-0.2, -0.15) is 0 Å². The van der Waals surface area contributed by atoms with Gasteiger partial charge in [0.25, 0.3) is 0 Å². The minimum absolute atomic E-state index is 0.460. The van der Waals surface area contributed by atoms with Crippen molar-refractivity contribution in [1.82, 2.24) is 5.32 Å². The highest BCUT2D eigenvalue weighted by Crippen LogP contribution is 2.29. The molecule has 1 aromatic carbocycles. The summed E-state index contributed by atoms with van der Waals surface area (Å²) in [5.41, 5.74) is 1.25. The lowest BCUT2D eigenvalue weighted by Crippen LogP contribution is -2.23. The van der Waals surface area contributed by atoms with Gasteiger partial charge in [0.15, 0.2) is 0 Å². The van der Waals surface area contributed by atoms with Crippen molar-refractivity contribution in [3.63, 3.8) is 0 Å². The second-order valence-corrected chi connectivity index (χ2v) is 5.90. The van der Waals surface area contributed by atoms with Gasteiger partial charge < -0.3 is 14.8 Å². The van der Waals surface area contributed by atoms with Crippen LogP contribution < -0.4 is 10.1 Å². The van der Waals surface area contributed by atoms with Crippen LogP contribution in [-0.2, 0) is 4.74 Å². The van der Waals surface area contributed by atoms with E-state index in [0.717, 1.165) is 42.9 Å². The molecule has 0 amide bonds. The molecule has 1 rings (SSSR count). The van der Waals surface area contributed by atoms with Gasteiger partial charge in [-0.05, 0) is 49.6 Å². The van der Waals surface area contributed by atoms with Crippen molar-refractivity contribution < 1.29 is 9.47 Å². The topological polar surface area (TPSA) is 30.5 Å². The summed E-state index contributed by atoms with van der Waals surface area (Å²) in [7, 11) is 0. The van der Waals surface area contributed by atoms with Gasteiger partial charge in [0.1, 0.15) is 12.4 Å².